The molecule has 0 aliphatic heterocycles. The van der Waals surface area contributed by atoms with E-state index >= 15 is 0 Å². The van der Waals surface area contributed by atoms with Crippen LogP contribution in [0.25, 0.3) is 0 Å². The molecule has 2 fully saturated rings. The van der Waals surface area contributed by atoms with Gasteiger partial charge in [-0.25, -0.2) is 4.98 Å². The highest BCUT2D eigenvalue weighted by atomic mass is 35.5. The molecule has 2 aliphatic carbocycles. The zero-order valence-electron chi connectivity index (χ0n) is 13.8. The van der Waals surface area contributed by atoms with Gasteiger partial charge >= 0.3 is 0 Å². The molecule has 4 rings (SSSR count). The normalized spacial score (nSPS) is 31.0. The Morgan fingerprint density at radius 1 is 1.22 bits per heavy atom. The number of nitrogens with two attached hydrogens (primary N) is 1. The van der Waals surface area contributed by atoms with Crippen molar-refractivity contribution >= 4 is 35.0 Å². The number of pyridine rings is 1. The number of nitrogen functional groups attached to an aromatic ring is 1. The zero-order chi connectivity index (χ0) is 19.4. The van der Waals surface area contributed by atoms with Crippen LogP contribution in [0.3, 0.4) is 0 Å². The highest BCUT2D eigenvalue weighted by molar-refractivity contribution is 6.31. The van der Waals surface area contributed by atoms with Gasteiger partial charge in [0.25, 0.3) is 0 Å². The summed E-state index contributed by atoms with van der Waals surface area (Å²) in [5, 5.41) is 34.3. The van der Waals surface area contributed by atoms with E-state index in [2.05, 4.69) is 32.1 Å². The van der Waals surface area contributed by atoms with E-state index in [4.69, 9.17) is 28.9 Å². The van der Waals surface area contributed by atoms with E-state index in [1.165, 1.54) is 6.20 Å². The fourth-order valence-corrected chi connectivity index (χ4v) is 3.93. The quantitative estimate of drug-likeness (QED) is 0.213. The van der Waals surface area contributed by atoms with Crippen LogP contribution in [-0.2, 0) is 0 Å². The topological polar surface area (TPSA) is 137 Å². The van der Waals surface area contributed by atoms with Crippen LogP contribution in [0.2, 0.25) is 10.3 Å². The Balaban J connectivity index is 1.73. The number of anilines is 2. The minimum absolute atomic E-state index is 0.0287. The molecule has 8 nitrogen and oxygen atoms in total. The van der Waals surface area contributed by atoms with Crippen molar-refractivity contribution in [3.8, 4) is 11.8 Å². The molecular weight excluding hydrogens is 393 g/mol. The number of hydrogen-bond acceptors (Lipinski definition) is 8. The van der Waals surface area contributed by atoms with Crippen molar-refractivity contribution in [2.45, 2.75) is 30.3 Å². The number of hydrogen-bond donors (Lipinski definition) is 5. The van der Waals surface area contributed by atoms with Crippen molar-refractivity contribution in [3.63, 3.8) is 0 Å². The summed E-state index contributed by atoms with van der Waals surface area (Å²) in [5.41, 5.74) is 2.85. The molecule has 6 N–H and O–H groups in total. The molecule has 140 valence electrons. The molecular formula is C17H15Cl2N5O3. The molecule has 4 atom stereocenters. The first kappa shape index (κ1) is 18.2. The van der Waals surface area contributed by atoms with E-state index < -0.39 is 23.3 Å². The average Bonchev–Trinajstić information content (AvgIpc) is 3.03. The van der Waals surface area contributed by atoms with Crippen LogP contribution < -0.4 is 11.1 Å². The molecule has 4 unspecified atom stereocenters. The van der Waals surface area contributed by atoms with Crippen LogP contribution in [0.15, 0.2) is 18.3 Å². The van der Waals surface area contributed by atoms with E-state index in [0.717, 1.165) is 0 Å². The Kier molecular flexibility index (Phi) is 4.18. The van der Waals surface area contributed by atoms with E-state index in [1.807, 2.05) is 0 Å². The summed E-state index contributed by atoms with van der Waals surface area (Å²) in [7, 11) is 0. The summed E-state index contributed by atoms with van der Waals surface area (Å²) in [5.74, 6) is 5.15. The Labute approximate surface area is 164 Å². The monoisotopic (exact) mass is 407 g/mol. The fraction of sp³-hybridized carbons (Fsp3) is 0.353. The van der Waals surface area contributed by atoms with E-state index in [0.29, 0.717) is 12.0 Å². The van der Waals surface area contributed by atoms with Crippen LogP contribution in [0, 0.1) is 17.8 Å². The maximum absolute atomic E-state index is 10.9. The SMILES string of the molecule is Nc1nc(Cl)c(C#Cc2cccnc2Cl)c(NC2(O)CCC3C(O)C32O)n1. The molecule has 2 aromatic heterocycles. The lowest BCUT2D eigenvalue weighted by Gasteiger charge is -2.32. The van der Waals surface area contributed by atoms with E-state index in [9.17, 15) is 15.3 Å². The first-order valence-electron chi connectivity index (χ1n) is 8.13. The second-order valence-electron chi connectivity index (χ2n) is 6.59. The van der Waals surface area contributed by atoms with Gasteiger partial charge in [-0.3, -0.25) is 0 Å². The summed E-state index contributed by atoms with van der Waals surface area (Å²) < 4.78 is 0. The standard InChI is InChI=1S/C17H15Cl2N5O3/c18-12-8(2-1-7-21-12)3-4-9-13(19)22-15(20)23-14(9)24-16(26)6-5-10-11(25)17(10,16)27/h1-2,7,10-11,25-27H,5-6H2,(H3,20,22,23,24). The third kappa shape index (κ3) is 2.79. The van der Waals surface area contributed by atoms with Gasteiger partial charge in [0, 0.05) is 12.1 Å². The van der Waals surface area contributed by atoms with Gasteiger partial charge < -0.3 is 26.4 Å². The average molecular weight is 408 g/mol. The second-order valence-corrected chi connectivity index (χ2v) is 7.30. The maximum atomic E-state index is 10.9. The highest BCUT2D eigenvalue weighted by Crippen LogP contribution is 2.60. The van der Waals surface area contributed by atoms with Crippen LogP contribution in [0.1, 0.15) is 24.0 Å². The molecule has 0 saturated heterocycles. The first-order valence-corrected chi connectivity index (χ1v) is 8.88. The molecule has 2 heterocycles. The van der Waals surface area contributed by atoms with E-state index in [-0.39, 0.29) is 34.1 Å². The lowest BCUT2D eigenvalue weighted by Crippen LogP contribution is -2.51. The van der Waals surface area contributed by atoms with Crippen molar-refractivity contribution in [1.29, 1.82) is 0 Å². The Morgan fingerprint density at radius 3 is 2.67 bits per heavy atom. The second kappa shape index (κ2) is 6.19. The van der Waals surface area contributed by atoms with Gasteiger partial charge in [0.15, 0.2) is 16.7 Å². The first-order chi connectivity index (χ1) is 12.8. The number of nitrogens with zero attached hydrogens (tertiary/aromatic N) is 3. The molecule has 0 aromatic carbocycles. The summed E-state index contributed by atoms with van der Waals surface area (Å²) >= 11 is 12.2. The third-order valence-electron chi connectivity index (χ3n) is 5.06. The van der Waals surface area contributed by atoms with Gasteiger partial charge in [-0.15, -0.1) is 0 Å². The smallest absolute Gasteiger partial charge is 0.223 e. The van der Waals surface area contributed by atoms with Gasteiger partial charge in [0.2, 0.25) is 5.95 Å². The van der Waals surface area contributed by atoms with Crippen LogP contribution in [-0.4, -0.2) is 47.7 Å². The molecule has 0 radical (unpaired) electrons. The number of halogens is 2. The molecule has 0 amide bonds. The third-order valence-corrected chi connectivity index (χ3v) is 5.63. The summed E-state index contributed by atoms with van der Waals surface area (Å²) in [6.07, 6.45) is 1.20. The molecule has 0 spiro atoms. The predicted molar refractivity (Wildman–Crippen MR) is 98.9 cm³/mol. The lowest BCUT2D eigenvalue weighted by atomic mass is 10.0. The van der Waals surface area contributed by atoms with Gasteiger partial charge in [-0.2, -0.15) is 9.97 Å². The van der Waals surface area contributed by atoms with Crippen molar-refractivity contribution < 1.29 is 15.3 Å². The molecule has 2 aromatic rings. The zero-order valence-corrected chi connectivity index (χ0v) is 15.3. The van der Waals surface area contributed by atoms with Gasteiger partial charge in [0.1, 0.15) is 16.3 Å². The molecule has 2 saturated carbocycles. The van der Waals surface area contributed by atoms with Crippen molar-refractivity contribution in [1.82, 2.24) is 15.0 Å². The minimum Gasteiger partial charge on any atom is -0.390 e. The molecule has 0 bridgehead atoms. The lowest BCUT2D eigenvalue weighted by molar-refractivity contribution is -0.0852. The fourth-order valence-electron chi connectivity index (χ4n) is 3.54. The Morgan fingerprint density at radius 2 is 2.00 bits per heavy atom. The van der Waals surface area contributed by atoms with Crippen molar-refractivity contribution in [2.24, 2.45) is 5.92 Å². The Hall–Kier alpha value is -2.15. The predicted octanol–water partition coefficient (Wildman–Crippen LogP) is 0.776. The van der Waals surface area contributed by atoms with Gasteiger partial charge in [-0.1, -0.05) is 35.0 Å². The van der Waals surface area contributed by atoms with Crippen LogP contribution >= 0.6 is 23.2 Å². The molecule has 27 heavy (non-hydrogen) atoms. The van der Waals surface area contributed by atoms with Crippen LogP contribution in [0.5, 0.6) is 0 Å². The Bertz CT molecular complexity index is 994. The van der Waals surface area contributed by atoms with E-state index in [1.54, 1.807) is 12.1 Å². The van der Waals surface area contributed by atoms with Crippen molar-refractivity contribution in [2.75, 3.05) is 11.1 Å². The summed E-state index contributed by atoms with van der Waals surface area (Å²) in [4.78, 5) is 11.9. The summed E-state index contributed by atoms with van der Waals surface area (Å²) in [6.45, 7) is 0. The maximum Gasteiger partial charge on any atom is 0.223 e. The number of aliphatic hydroxyl groups is 3. The molecule has 2 aliphatic rings. The number of aliphatic hydroxyl groups excluding tert-OH is 1. The number of nitrogens with one attached hydrogen (secondary N) is 1. The van der Waals surface area contributed by atoms with Crippen molar-refractivity contribution in [3.05, 3.63) is 39.8 Å². The number of rotatable bonds is 2. The number of aromatic nitrogens is 3. The van der Waals surface area contributed by atoms with Crippen LogP contribution in [0.4, 0.5) is 11.8 Å². The largest absolute Gasteiger partial charge is 0.390 e. The highest BCUT2D eigenvalue weighted by Gasteiger charge is 2.78. The van der Waals surface area contributed by atoms with Gasteiger partial charge in [-0.05, 0) is 25.0 Å². The van der Waals surface area contributed by atoms with Gasteiger partial charge in [0.05, 0.1) is 11.7 Å². The summed E-state index contributed by atoms with van der Waals surface area (Å²) in [6, 6.07) is 3.36. The molecule has 10 heteroatoms. The number of fused-ring (bicyclic) bond motifs is 1. The minimum atomic E-state index is -1.79.